The predicted octanol–water partition coefficient (Wildman–Crippen LogP) is 4.24. The highest BCUT2D eigenvalue weighted by molar-refractivity contribution is 7.91. The summed E-state index contributed by atoms with van der Waals surface area (Å²) in [5.74, 6) is -0.00814. The lowest BCUT2D eigenvalue weighted by Gasteiger charge is -2.26. The third kappa shape index (κ3) is 5.34. The number of anilines is 1. The SMILES string of the molecule is Cc1cc(-c2nc(C(=O)Nc3cc4cc(C5CCC(S(C)(=O)=O)CC5)nn4cc3C(C)(C)O)co2)ccn1. The largest absolute Gasteiger partial charge is 0.444 e. The molecule has 1 fully saturated rings. The molecule has 0 aliphatic heterocycles. The molecule has 1 amide bonds. The Balaban J connectivity index is 1.41. The summed E-state index contributed by atoms with van der Waals surface area (Å²) in [6, 6.07) is 7.30. The van der Waals surface area contributed by atoms with Crippen molar-refractivity contribution < 1.29 is 22.7 Å². The van der Waals surface area contributed by atoms with Gasteiger partial charge < -0.3 is 14.8 Å². The first-order chi connectivity index (χ1) is 17.9. The Bertz CT molecular complexity index is 1610. The van der Waals surface area contributed by atoms with Gasteiger partial charge in [0.25, 0.3) is 5.91 Å². The van der Waals surface area contributed by atoms with Gasteiger partial charge in [0.15, 0.2) is 5.69 Å². The number of carbonyl (C=O) groups is 1. The third-order valence-electron chi connectivity index (χ3n) is 7.10. The zero-order chi connectivity index (χ0) is 27.2. The van der Waals surface area contributed by atoms with E-state index < -0.39 is 21.3 Å². The molecule has 2 N–H and O–H groups in total. The molecular weight excluding hydrogens is 506 g/mol. The molecule has 0 atom stereocenters. The maximum absolute atomic E-state index is 13.1. The van der Waals surface area contributed by atoms with Crippen LogP contribution in [0.5, 0.6) is 0 Å². The van der Waals surface area contributed by atoms with Crippen molar-refractivity contribution in [2.45, 2.75) is 63.2 Å². The van der Waals surface area contributed by atoms with E-state index in [9.17, 15) is 18.3 Å². The number of sulfone groups is 1. The van der Waals surface area contributed by atoms with Crippen LogP contribution < -0.4 is 5.32 Å². The van der Waals surface area contributed by atoms with Gasteiger partial charge in [0.05, 0.1) is 27.7 Å². The van der Waals surface area contributed by atoms with Crippen LogP contribution in [-0.2, 0) is 15.4 Å². The van der Waals surface area contributed by atoms with E-state index in [0.29, 0.717) is 35.5 Å². The van der Waals surface area contributed by atoms with E-state index in [2.05, 4.69) is 15.3 Å². The first-order valence-electron chi connectivity index (χ1n) is 12.5. The van der Waals surface area contributed by atoms with E-state index in [1.165, 1.54) is 12.5 Å². The highest BCUT2D eigenvalue weighted by Crippen LogP contribution is 2.36. The fourth-order valence-corrected chi connectivity index (χ4v) is 6.14. The Kier molecular flexibility index (Phi) is 6.60. The highest BCUT2D eigenvalue weighted by Gasteiger charge is 2.30. The molecule has 0 spiro atoms. The normalized spacial score (nSPS) is 18.6. The molecular formula is C27H31N5O5S. The number of oxazole rings is 1. The Morgan fingerprint density at radius 3 is 2.58 bits per heavy atom. The maximum Gasteiger partial charge on any atom is 0.277 e. The summed E-state index contributed by atoms with van der Waals surface area (Å²) in [5, 5.41) is 18.2. The first kappa shape index (κ1) is 26.1. The standard InChI is InChI=1S/C27H31N5O5S/c1-16-11-18(9-10-28-16)26-30-24(15-37-26)25(33)29-23-13-19-12-22(31-32(19)14-21(23)27(2,3)34)17-5-7-20(8-6-17)38(4,35)36/h9-15,17,20,34H,5-8H2,1-4H3,(H,29,33). The van der Waals surface area contributed by atoms with Gasteiger partial charge in [0.2, 0.25) is 5.89 Å². The van der Waals surface area contributed by atoms with Gasteiger partial charge in [0, 0.05) is 41.4 Å². The number of rotatable bonds is 6. The van der Waals surface area contributed by atoms with Gasteiger partial charge in [-0.15, -0.1) is 0 Å². The molecule has 0 aromatic carbocycles. The summed E-state index contributed by atoms with van der Waals surface area (Å²) in [6.45, 7) is 5.14. The van der Waals surface area contributed by atoms with Crippen LogP contribution in [0.4, 0.5) is 5.69 Å². The topological polar surface area (TPSA) is 140 Å². The van der Waals surface area contributed by atoms with Crippen LogP contribution in [0.2, 0.25) is 0 Å². The van der Waals surface area contributed by atoms with Crippen molar-refractivity contribution in [1.82, 2.24) is 19.6 Å². The zero-order valence-electron chi connectivity index (χ0n) is 21.8. The average Bonchev–Trinajstić information content (AvgIpc) is 3.50. The first-order valence-corrected chi connectivity index (χ1v) is 14.5. The van der Waals surface area contributed by atoms with E-state index in [4.69, 9.17) is 9.52 Å². The highest BCUT2D eigenvalue weighted by atomic mass is 32.2. The van der Waals surface area contributed by atoms with Gasteiger partial charge in [0.1, 0.15) is 16.1 Å². The number of aryl methyl sites for hydroxylation is 1. The van der Waals surface area contributed by atoms with Crippen molar-refractivity contribution in [3.8, 4) is 11.5 Å². The number of fused-ring (bicyclic) bond motifs is 1. The lowest BCUT2D eigenvalue weighted by atomic mass is 9.86. The number of aromatic nitrogens is 4. The molecule has 4 aromatic rings. The molecule has 1 aliphatic carbocycles. The van der Waals surface area contributed by atoms with Crippen molar-refractivity contribution >= 4 is 26.9 Å². The number of aliphatic hydroxyl groups is 1. The molecule has 1 saturated carbocycles. The Morgan fingerprint density at radius 2 is 1.92 bits per heavy atom. The minimum atomic E-state index is -3.04. The number of nitrogens with zero attached hydrogens (tertiary/aromatic N) is 4. The molecule has 0 saturated heterocycles. The summed E-state index contributed by atoms with van der Waals surface area (Å²) in [7, 11) is -3.04. The molecule has 1 aliphatic rings. The lowest BCUT2D eigenvalue weighted by Crippen LogP contribution is -2.25. The number of pyridine rings is 2. The molecule has 200 valence electrons. The smallest absolute Gasteiger partial charge is 0.277 e. The fourth-order valence-electron chi connectivity index (χ4n) is 5.01. The van der Waals surface area contributed by atoms with E-state index in [1.807, 2.05) is 19.1 Å². The number of carbonyl (C=O) groups excluding carboxylic acids is 1. The molecule has 0 bridgehead atoms. The zero-order valence-corrected chi connectivity index (χ0v) is 22.6. The summed E-state index contributed by atoms with van der Waals surface area (Å²) in [6.07, 6.45) is 8.69. The number of amides is 1. The second-order valence-electron chi connectivity index (χ2n) is 10.6. The van der Waals surface area contributed by atoms with Crippen molar-refractivity contribution in [3.63, 3.8) is 0 Å². The van der Waals surface area contributed by atoms with Crippen molar-refractivity contribution in [1.29, 1.82) is 0 Å². The van der Waals surface area contributed by atoms with Crippen LogP contribution in [0, 0.1) is 6.92 Å². The van der Waals surface area contributed by atoms with Gasteiger partial charge in [-0.25, -0.2) is 17.9 Å². The van der Waals surface area contributed by atoms with Gasteiger partial charge >= 0.3 is 0 Å². The van der Waals surface area contributed by atoms with Gasteiger partial charge in [-0.2, -0.15) is 5.10 Å². The van der Waals surface area contributed by atoms with Crippen molar-refractivity contribution in [3.05, 3.63) is 65.6 Å². The lowest BCUT2D eigenvalue weighted by molar-refractivity contribution is 0.0787. The second kappa shape index (κ2) is 9.63. The van der Waals surface area contributed by atoms with Crippen LogP contribution in [0.1, 0.15) is 72.9 Å². The maximum atomic E-state index is 13.1. The Hall–Kier alpha value is -3.57. The van der Waals surface area contributed by atoms with Crippen LogP contribution in [0.25, 0.3) is 17.0 Å². The van der Waals surface area contributed by atoms with Gasteiger partial charge in [-0.1, -0.05) is 0 Å². The van der Waals surface area contributed by atoms with E-state index in [0.717, 1.165) is 29.7 Å². The van der Waals surface area contributed by atoms with Crippen LogP contribution in [0.3, 0.4) is 0 Å². The summed E-state index contributed by atoms with van der Waals surface area (Å²) < 4.78 is 31.1. The average molecular weight is 538 g/mol. The second-order valence-corrected chi connectivity index (χ2v) is 12.9. The summed E-state index contributed by atoms with van der Waals surface area (Å²) in [4.78, 5) is 21.6. The fraction of sp³-hybridized carbons (Fsp3) is 0.407. The quantitative estimate of drug-likeness (QED) is 0.372. The number of hydrogen-bond acceptors (Lipinski definition) is 8. The molecule has 4 heterocycles. The summed E-state index contributed by atoms with van der Waals surface area (Å²) >= 11 is 0. The Morgan fingerprint density at radius 1 is 1.18 bits per heavy atom. The molecule has 10 nitrogen and oxygen atoms in total. The molecule has 38 heavy (non-hydrogen) atoms. The molecule has 0 radical (unpaired) electrons. The minimum Gasteiger partial charge on any atom is -0.444 e. The van der Waals surface area contributed by atoms with Gasteiger partial charge in [-0.05, 0) is 70.7 Å². The minimum absolute atomic E-state index is 0.105. The number of hydrogen-bond donors (Lipinski definition) is 2. The molecule has 4 aromatic heterocycles. The monoisotopic (exact) mass is 537 g/mol. The molecule has 5 rings (SSSR count). The van der Waals surface area contributed by atoms with Crippen LogP contribution in [0.15, 0.2) is 47.3 Å². The van der Waals surface area contributed by atoms with Gasteiger partial charge in [-0.3, -0.25) is 9.78 Å². The van der Waals surface area contributed by atoms with Crippen molar-refractivity contribution in [2.24, 2.45) is 0 Å². The van der Waals surface area contributed by atoms with Crippen LogP contribution in [-0.4, -0.2) is 50.5 Å². The molecule has 11 heteroatoms. The number of nitrogens with one attached hydrogen (secondary N) is 1. The Labute approximate surface area is 221 Å². The predicted molar refractivity (Wildman–Crippen MR) is 143 cm³/mol. The third-order valence-corrected chi connectivity index (χ3v) is 8.79. The summed E-state index contributed by atoms with van der Waals surface area (Å²) in [5.41, 5.74) is 2.91. The molecule has 0 unspecified atom stereocenters. The van der Waals surface area contributed by atoms with E-state index in [-0.39, 0.29) is 16.9 Å². The van der Waals surface area contributed by atoms with E-state index >= 15 is 0 Å². The van der Waals surface area contributed by atoms with Crippen molar-refractivity contribution in [2.75, 3.05) is 11.6 Å². The van der Waals surface area contributed by atoms with E-state index in [1.54, 1.807) is 42.9 Å². The van der Waals surface area contributed by atoms with Crippen LogP contribution >= 0.6 is 0 Å².